The Balaban J connectivity index is 1.79. The second-order valence-corrected chi connectivity index (χ2v) is 7.97. The van der Waals surface area contributed by atoms with Crippen LogP contribution in [-0.2, 0) is 6.42 Å². The highest BCUT2D eigenvalue weighted by Gasteiger charge is 2.28. The lowest BCUT2D eigenvalue weighted by molar-refractivity contribution is 0.0876. The van der Waals surface area contributed by atoms with Gasteiger partial charge in [-0.3, -0.25) is 4.79 Å². The van der Waals surface area contributed by atoms with Crippen molar-refractivity contribution in [2.45, 2.75) is 39.0 Å². The van der Waals surface area contributed by atoms with Gasteiger partial charge in [-0.05, 0) is 29.5 Å². The normalized spacial score (nSPS) is 11.0. The first-order valence-corrected chi connectivity index (χ1v) is 11.5. The highest BCUT2D eigenvalue weighted by molar-refractivity contribution is 5.91. The number of hydrogen-bond donors (Lipinski definition) is 0. The number of hydrogen-bond acceptors (Lipinski definition) is 4. The van der Waals surface area contributed by atoms with Gasteiger partial charge < -0.3 is 4.74 Å². The summed E-state index contributed by atoms with van der Waals surface area (Å²) in [7, 11) is 0. The summed E-state index contributed by atoms with van der Waals surface area (Å²) in [6.07, 6.45) is 2.86. The standard InChI is InChI=1S/C28H29N3O2/c1-3-5-20-33-28-29-26(24-18-16-21(4-2)17-19-24)31(30-28)27(32)25(22-12-8-6-9-13-22)23-14-10-7-11-15-23/h6-19,25H,3-5,20H2,1-2H3. The van der Waals surface area contributed by atoms with Crippen molar-refractivity contribution in [1.82, 2.24) is 14.8 Å². The third kappa shape index (κ3) is 5.20. The molecule has 4 rings (SSSR count). The van der Waals surface area contributed by atoms with E-state index < -0.39 is 5.92 Å². The molecule has 5 nitrogen and oxygen atoms in total. The van der Waals surface area contributed by atoms with Crippen LogP contribution in [0.1, 0.15) is 54.1 Å². The molecule has 0 atom stereocenters. The van der Waals surface area contributed by atoms with Gasteiger partial charge in [0.2, 0.25) is 0 Å². The van der Waals surface area contributed by atoms with E-state index in [1.165, 1.54) is 10.2 Å². The Morgan fingerprint density at radius 3 is 2.03 bits per heavy atom. The third-order valence-corrected chi connectivity index (χ3v) is 5.66. The molecule has 168 valence electrons. The van der Waals surface area contributed by atoms with E-state index in [0.717, 1.165) is 36.0 Å². The molecule has 0 unspecified atom stereocenters. The van der Waals surface area contributed by atoms with Gasteiger partial charge in [0.15, 0.2) is 5.82 Å². The van der Waals surface area contributed by atoms with Crippen LogP contribution in [0.5, 0.6) is 6.01 Å². The molecule has 1 heterocycles. The summed E-state index contributed by atoms with van der Waals surface area (Å²) in [6.45, 7) is 4.73. The molecule has 5 heteroatoms. The molecule has 0 spiro atoms. The van der Waals surface area contributed by atoms with Gasteiger partial charge in [-0.2, -0.15) is 9.67 Å². The van der Waals surface area contributed by atoms with Gasteiger partial charge >= 0.3 is 6.01 Å². The van der Waals surface area contributed by atoms with Crippen molar-refractivity contribution in [2.75, 3.05) is 6.61 Å². The van der Waals surface area contributed by atoms with Gasteiger partial charge in [0.05, 0.1) is 12.5 Å². The zero-order chi connectivity index (χ0) is 23.0. The summed E-state index contributed by atoms with van der Waals surface area (Å²) in [5.74, 6) is -0.183. The molecular weight excluding hydrogens is 410 g/mol. The predicted octanol–water partition coefficient (Wildman–Crippen LogP) is 6.16. The number of unbranched alkanes of at least 4 members (excludes halogenated alkanes) is 1. The van der Waals surface area contributed by atoms with Gasteiger partial charge in [-0.1, -0.05) is 105 Å². The number of rotatable bonds is 9. The number of benzene rings is 3. The Morgan fingerprint density at radius 1 is 0.879 bits per heavy atom. The summed E-state index contributed by atoms with van der Waals surface area (Å²) >= 11 is 0. The third-order valence-electron chi connectivity index (χ3n) is 5.66. The van der Waals surface area contributed by atoms with Crippen LogP contribution in [0.2, 0.25) is 0 Å². The summed E-state index contributed by atoms with van der Waals surface area (Å²) in [4.78, 5) is 18.6. The highest BCUT2D eigenvalue weighted by Crippen LogP contribution is 2.29. The van der Waals surface area contributed by atoms with E-state index >= 15 is 0 Å². The molecule has 0 aliphatic heterocycles. The molecule has 0 aliphatic carbocycles. The van der Waals surface area contributed by atoms with Gasteiger partial charge in [0, 0.05) is 5.56 Å². The molecule has 33 heavy (non-hydrogen) atoms. The maximum absolute atomic E-state index is 14.0. The van der Waals surface area contributed by atoms with Crippen molar-refractivity contribution >= 4 is 5.91 Å². The van der Waals surface area contributed by atoms with E-state index in [4.69, 9.17) is 4.74 Å². The number of carbonyl (C=O) groups excluding carboxylic acids is 1. The van der Waals surface area contributed by atoms with E-state index in [0.29, 0.717) is 12.4 Å². The fraction of sp³-hybridized carbons (Fsp3) is 0.250. The van der Waals surface area contributed by atoms with Crippen LogP contribution < -0.4 is 4.74 Å². The number of aromatic nitrogens is 3. The van der Waals surface area contributed by atoms with Crippen LogP contribution in [-0.4, -0.2) is 27.3 Å². The first-order chi connectivity index (χ1) is 16.2. The monoisotopic (exact) mass is 439 g/mol. The Labute approximate surface area is 195 Å². The second-order valence-electron chi connectivity index (χ2n) is 7.97. The Kier molecular flexibility index (Phi) is 7.30. The fourth-order valence-electron chi connectivity index (χ4n) is 3.78. The zero-order valence-corrected chi connectivity index (χ0v) is 19.1. The van der Waals surface area contributed by atoms with E-state index in [9.17, 15) is 4.79 Å². The van der Waals surface area contributed by atoms with Crippen LogP contribution in [0, 0.1) is 0 Å². The maximum Gasteiger partial charge on any atom is 0.336 e. The van der Waals surface area contributed by atoms with Crippen LogP contribution in [0.4, 0.5) is 0 Å². The second kappa shape index (κ2) is 10.7. The highest BCUT2D eigenvalue weighted by atomic mass is 16.5. The van der Waals surface area contributed by atoms with Crippen LogP contribution in [0.25, 0.3) is 11.4 Å². The fourth-order valence-corrected chi connectivity index (χ4v) is 3.78. The smallest absolute Gasteiger partial charge is 0.336 e. The molecule has 0 radical (unpaired) electrons. The zero-order valence-electron chi connectivity index (χ0n) is 19.1. The quantitative estimate of drug-likeness (QED) is 0.293. The summed E-state index contributed by atoms with van der Waals surface area (Å²) < 4.78 is 7.19. The molecule has 4 aromatic rings. The Bertz CT molecular complexity index is 1130. The van der Waals surface area contributed by atoms with Gasteiger partial charge in [-0.15, -0.1) is 5.10 Å². The number of aryl methyl sites for hydroxylation is 1. The number of carbonyl (C=O) groups is 1. The molecule has 0 saturated heterocycles. The molecule has 0 amide bonds. The molecular formula is C28H29N3O2. The first-order valence-electron chi connectivity index (χ1n) is 11.5. The molecule has 0 N–H and O–H groups in total. The van der Waals surface area contributed by atoms with Gasteiger partial charge in [-0.25, -0.2) is 0 Å². The Hall–Kier alpha value is -3.73. The maximum atomic E-state index is 14.0. The van der Waals surface area contributed by atoms with Crippen molar-refractivity contribution in [1.29, 1.82) is 0 Å². The molecule has 3 aromatic carbocycles. The lowest BCUT2D eigenvalue weighted by atomic mass is 9.90. The number of nitrogens with zero attached hydrogens (tertiary/aromatic N) is 3. The van der Waals surface area contributed by atoms with Crippen molar-refractivity contribution in [3.63, 3.8) is 0 Å². The molecule has 0 aliphatic rings. The lowest BCUT2D eigenvalue weighted by Crippen LogP contribution is -2.23. The molecule has 0 fully saturated rings. The van der Waals surface area contributed by atoms with E-state index in [1.54, 1.807) is 0 Å². The first kappa shape index (κ1) is 22.5. The topological polar surface area (TPSA) is 57.0 Å². The SMILES string of the molecule is CCCCOc1nc(-c2ccc(CC)cc2)n(C(=O)C(c2ccccc2)c2ccccc2)n1. The van der Waals surface area contributed by atoms with Crippen molar-refractivity contribution in [3.8, 4) is 17.4 Å². The molecule has 0 saturated carbocycles. The van der Waals surface area contributed by atoms with Crippen LogP contribution in [0.3, 0.4) is 0 Å². The predicted molar refractivity (Wildman–Crippen MR) is 131 cm³/mol. The van der Waals surface area contributed by atoms with E-state index in [2.05, 4.69) is 36.1 Å². The summed E-state index contributed by atoms with van der Waals surface area (Å²) in [5, 5.41) is 4.51. The minimum Gasteiger partial charge on any atom is -0.462 e. The Morgan fingerprint density at radius 2 is 1.48 bits per heavy atom. The van der Waals surface area contributed by atoms with E-state index in [1.807, 2.05) is 72.8 Å². The summed E-state index contributed by atoms with van der Waals surface area (Å²) in [5.41, 5.74) is 3.87. The number of ether oxygens (including phenoxy) is 1. The lowest BCUT2D eigenvalue weighted by Gasteiger charge is -2.17. The summed E-state index contributed by atoms with van der Waals surface area (Å²) in [6, 6.07) is 27.9. The van der Waals surface area contributed by atoms with Crippen LogP contribution in [0.15, 0.2) is 84.9 Å². The van der Waals surface area contributed by atoms with Gasteiger partial charge in [0.1, 0.15) is 0 Å². The largest absolute Gasteiger partial charge is 0.462 e. The minimum atomic E-state index is -0.508. The minimum absolute atomic E-state index is 0.167. The van der Waals surface area contributed by atoms with E-state index in [-0.39, 0.29) is 11.9 Å². The van der Waals surface area contributed by atoms with Crippen molar-refractivity contribution in [3.05, 3.63) is 102 Å². The van der Waals surface area contributed by atoms with Crippen molar-refractivity contribution in [2.24, 2.45) is 0 Å². The van der Waals surface area contributed by atoms with Crippen molar-refractivity contribution < 1.29 is 9.53 Å². The molecule has 0 bridgehead atoms. The van der Waals surface area contributed by atoms with Crippen LogP contribution >= 0.6 is 0 Å². The average molecular weight is 440 g/mol. The molecule has 1 aromatic heterocycles. The van der Waals surface area contributed by atoms with Gasteiger partial charge in [0.25, 0.3) is 5.91 Å². The average Bonchev–Trinajstić information content (AvgIpc) is 3.30.